The Morgan fingerprint density at radius 3 is 2.70 bits per heavy atom. The molecule has 23 heavy (non-hydrogen) atoms. The smallest absolute Gasteiger partial charge is 0.281 e. The van der Waals surface area contributed by atoms with Gasteiger partial charge in [0.05, 0.1) is 6.20 Å². The number of nitrogens with one attached hydrogen (secondary N) is 1. The molecule has 1 aromatic heterocycles. The first-order valence-corrected chi connectivity index (χ1v) is 9.73. The third-order valence-electron chi connectivity index (χ3n) is 5.08. The highest BCUT2D eigenvalue weighted by Crippen LogP contribution is 2.40. The molecule has 0 aromatic carbocycles. The average Bonchev–Trinajstić information content (AvgIpc) is 3.12. The van der Waals surface area contributed by atoms with Gasteiger partial charge in [-0.25, -0.2) is 4.98 Å². The Kier molecular flexibility index (Phi) is 4.84. The maximum absolute atomic E-state index is 12.7. The van der Waals surface area contributed by atoms with Crippen molar-refractivity contribution in [2.75, 3.05) is 31.5 Å². The van der Waals surface area contributed by atoms with Crippen molar-refractivity contribution in [2.24, 2.45) is 11.8 Å². The second kappa shape index (κ2) is 6.70. The number of nitrogens with zero attached hydrogens (tertiary/aromatic N) is 4. The predicted molar refractivity (Wildman–Crippen MR) is 89.1 cm³/mol. The highest BCUT2D eigenvalue weighted by atomic mass is 32.2. The summed E-state index contributed by atoms with van der Waals surface area (Å²) >= 11 is 0. The third-order valence-corrected chi connectivity index (χ3v) is 7.20. The van der Waals surface area contributed by atoms with Gasteiger partial charge in [0.25, 0.3) is 10.2 Å². The van der Waals surface area contributed by atoms with E-state index in [1.807, 2.05) is 13.8 Å². The highest BCUT2D eigenvalue weighted by Gasteiger charge is 2.47. The largest absolute Gasteiger partial charge is 0.366 e. The molecule has 0 bridgehead atoms. The Hall–Kier alpha value is -1.25. The van der Waals surface area contributed by atoms with Crippen LogP contribution in [-0.2, 0) is 10.2 Å². The first kappa shape index (κ1) is 16.6. The molecule has 1 aliphatic heterocycles. The second-order valence-corrected chi connectivity index (χ2v) is 8.18. The normalized spacial score (nSPS) is 28.2. The second-order valence-electron chi connectivity index (χ2n) is 6.25. The predicted octanol–water partition coefficient (Wildman–Crippen LogP) is 1.19. The summed E-state index contributed by atoms with van der Waals surface area (Å²) in [6, 6.07) is 0.272. The van der Waals surface area contributed by atoms with Crippen LogP contribution in [0.5, 0.6) is 0 Å². The first-order chi connectivity index (χ1) is 11.1. The van der Waals surface area contributed by atoms with Crippen LogP contribution in [0.25, 0.3) is 0 Å². The van der Waals surface area contributed by atoms with Crippen LogP contribution >= 0.6 is 0 Å². The molecule has 0 unspecified atom stereocenters. The van der Waals surface area contributed by atoms with E-state index in [4.69, 9.17) is 0 Å². The lowest BCUT2D eigenvalue weighted by Crippen LogP contribution is -2.43. The minimum Gasteiger partial charge on any atom is -0.366 e. The van der Waals surface area contributed by atoms with Gasteiger partial charge in [0.2, 0.25) is 0 Å². The van der Waals surface area contributed by atoms with Gasteiger partial charge in [-0.1, -0.05) is 13.8 Å². The summed E-state index contributed by atoms with van der Waals surface area (Å²) in [6.45, 7) is 6.05. The molecule has 1 saturated heterocycles. The van der Waals surface area contributed by atoms with E-state index in [0.717, 1.165) is 18.7 Å². The Morgan fingerprint density at radius 1 is 1.26 bits per heavy atom. The first-order valence-electron chi connectivity index (χ1n) is 8.34. The van der Waals surface area contributed by atoms with Crippen molar-refractivity contribution in [3.05, 3.63) is 18.6 Å². The quantitative estimate of drug-likeness (QED) is 0.842. The molecule has 1 saturated carbocycles. The van der Waals surface area contributed by atoms with Crippen LogP contribution < -0.4 is 5.32 Å². The molecule has 2 aliphatic rings. The van der Waals surface area contributed by atoms with E-state index in [1.165, 1.54) is 0 Å². The lowest BCUT2D eigenvalue weighted by Gasteiger charge is -2.26. The van der Waals surface area contributed by atoms with Gasteiger partial charge < -0.3 is 5.32 Å². The summed E-state index contributed by atoms with van der Waals surface area (Å²) in [7, 11) is -3.33. The number of rotatable bonds is 6. The van der Waals surface area contributed by atoms with Crippen LogP contribution in [-0.4, -0.2) is 59.2 Å². The van der Waals surface area contributed by atoms with Crippen LogP contribution in [0.15, 0.2) is 18.6 Å². The standard InChI is InChI=1S/C15H25N5O2S/c1-3-19(4-2)23(21,22)20-10-12-5-6-14(13(12)11-20)18-15-9-16-7-8-17-15/h7-9,12-14H,3-6,10-11H2,1-2H3,(H,17,18)/t12-,13+,14+/m0/s1. The maximum atomic E-state index is 12.7. The molecule has 2 heterocycles. The van der Waals surface area contributed by atoms with E-state index in [9.17, 15) is 8.42 Å². The zero-order valence-corrected chi connectivity index (χ0v) is 14.5. The zero-order chi connectivity index (χ0) is 16.4. The fourth-order valence-corrected chi connectivity index (χ4v) is 5.59. The number of fused-ring (bicyclic) bond motifs is 1. The summed E-state index contributed by atoms with van der Waals surface area (Å²) in [4.78, 5) is 8.34. The van der Waals surface area contributed by atoms with Crippen molar-refractivity contribution >= 4 is 16.0 Å². The molecule has 8 heteroatoms. The molecule has 3 rings (SSSR count). The van der Waals surface area contributed by atoms with Crippen LogP contribution in [0.1, 0.15) is 26.7 Å². The van der Waals surface area contributed by atoms with Crippen molar-refractivity contribution in [1.82, 2.24) is 18.6 Å². The van der Waals surface area contributed by atoms with E-state index in [2.05, 4.69) is 15.3 Å². The van der Waals surface area contributed by atoms with Gasteiger partial charge in [-0.05, 0) is 24.7 Å². The summed E-state index contributed by atoms with van der Waals surface area (Å²) in [5, 5.41) is 3.43. The molecule has 1 N–H and O–H groups in total. The van der Waals surface area contributed by atoms with Crippen LogP contribution in [0.3, 0.4) is 0 Å². The molecule has 2 fully saturated rings. The Bertz CT molecular complexity index is 620. The fraction of sp³-hybridized carbons (Fsp3) is 0.733. The van der Waals surface area contributed by atoms with Gasteiger partial charge in [0.1, 0.15) is 5.82 Å². The third kappa shape index (κ3) is 3.20. The summed E-state index contributed by atoms with van der Waals surface area (Å²) in [5.74, 6) is 1.56. The van der Waals surface area contributed by atoms with Gasteiger partial charge >= 0.3 is 0 Å². The number of anilines is 1. The Labute approximate surface area is 138 Å². The van der Waals surface area contributed by atoms with Crippen molar-refractivity contribution in [2.45, 2.75) is 32.7 Å². The molecule has 0 spiro atoms. The van der Waals surface area contributed by atoms with Gasteiger partial charge in [-0.2, -0.15) is 17.0 Å². The van der Waals surface area contributed by atoms with Crippen molar-refractivity contribution < 1.29 is 8.42 Å². The monoisotopic (exact) mass is 339 g/mol. The summed E-state index contributed by atoms with van der Waals surface area (Å²) in [5.41, 5.74) is 0. The highest BCUT2D eigenvalue weighted by molar-refractivity contribution is 7.86. The SMILES string of the molecule is CCN(CC)S(=O)(=O)N1C[C@@H]2CC[C@@H](Nc3cnccn3)[C@@H]2C1. The van der Waals surface area contributed by atoms with Crippen LogP contribution in [0.4, 0.5) is 5.82 Å². The fourth-order valence-electron chi connectivity index (χ4n) is 3.87. The minimum absolute atomic E-state index is 0.272. The summed E-state index contributed by atoms with van der Waals surface area (Å²) in [6.07, 6.45) is 7.15. The van der Waals surface area contributed by atoms with E-state index in [0.29, 0.717) is 38.0 Å². The molecule has 128 valence electrons. The van der Waals surface area contributed by atoms with E-state index in [-0.39, 0.29) is 6.04 Å². The molecule has 0 radical (unpaired) electrons. The lowest BCUT2D eigenvalue weighted by atomic mass is 9.98. The zero-order valence-electron chi connectivity index (χ0n) is 13.7. The van der Waals surface area contributed by atoms with E-state index < -0.39 is 10.2 Å². The van der Waals surface area contributed by atoms with Crippen LogP contribution in [0.2, 0.25) is 0 Å². The summed E-state index contributed by atoms with van der Waals surface area (Å²) < 4.78 is 28.6. The number of aromatic nitrogens is 2. The van der Waals surface area contributed by atoms with Gasteiger partial charge in [0.15, 0.2) is 0 Å². The Morgan fingerprint density at radius 2 is 2.04 bits per heavy atom. The van der Waals surface area contributed by atoms with Gasteiger partial charge in [-0.15, -0.1) is 0 Å². The Balaban J connectivity index is 1.69. The van der Waals surface area contributed by atoms with Crippen molar-refractivity contribution in [3.63, 3.8) is 0 Å². The van der Waals surface area contributed by atoms with Gasteiger partial charge in [-0.3, -0.25) is 4.98 Å². The maximum Gasteiger partial charge on any atom is 0.281 e. The van der Waals surface area contributed by atoms with Crippen molar-refractivity contribution in [3.8, 4) is 0 Å². The molecule has 3 atom stereocenters. The van der Waals surface area contributed by atoms with Gasteiger partial charge in [0, 0.05) is 44.6 Å². The molecular formula is C15H25N5O2S. The molecule has 1 aromatic rings. The topological polar surface area (TPSA) is 78.4 Å². The molecule has 7 nitrogen and oxygen atoms in total. The van der Waals surface area contributed by atoms with E-state index in [1.54, 1.807) is 27.2 Å². The molecular weight excluding hydrogens is 314 g/mol. The van der Waals surface area contributed by atoms with E-state index >= 15 is 0 Å². The molecule has 1 aliphatic carbocycles. The van der Waals surface area contributed by atoms with Crippen molar-refractivity contribution in [1.29, 1.82) is 0 Å². The lowest BCUT2D eigenvalue weighted by molar-refractivity contribution is 0.365. The van der Waals surface area contributed by atoms with Crippen LogP contribution in [0, 0.1) is 11.8 Å². The number of hydrogen-bond donors (Lipinski definition) is 1. The average molecular weight is 339 g/mol. The minimum atomic E-state index is -3.33. The number of hydrogen-bond acceptors (Lipinski definition) is 5. The molecule has 0 amide bonds.